The zero-order valence-corrected chi connectivity index (χ0v) is 31.7. The van der Waals surface area contributed by atoms with E-state index in [-0.39, 0.29) is 5.41 Å². The monoisotopic (exact) mass is 722 g/mol. The lowest BCUT2D eigenvalue weighted by molar-refractivity contribution is 0.401. The lowest BCUT2D eigenvalue weighted by atomic mass is 9.70. The maximum absolute atomic E-state index is 5.02. The summed E-state index contributed by atoms with van der Waals surface area (Å²) >= 11 is 0. The van der Waals surface area contributed by atoms with Gasteiger partial charge in [-0.15, -0.1) is 20.4 Å². The van der Waals surface area contributed by atoms with Gasteiger partial charge in [-0.3, -0.25) is 9.97 Å². The van der Waals surface area contributed by atoms with Gasteiger partial charge in [0.25, 0.3) is 0 Å². The molecule has 1 aliphatic carbocycles. The molecule has 0 saturated heterocycles. The molecule has 9 rings (SSSR count). The van der Waals surface area contributed by atoms with Gasteiger partial charge in [0, 0.05) is 41.3 Å². The van der Waals surface area contributed by atoms with E-state index in [2.05, 4.69) is 96.6 Å². The van der Waals surface area contributed by atoms with Crippen LogP contribution < -0.4 is 0 Å². The molecular formula is C47H46N8. The second-order valence-corrected chi connectivity index (χ2v) is 15.0. The minimum atomic E-state index is -0.108. The Morgan fingerprint density at radius 2 is 0.909 bits per heavy atom. The average molecular weight is 723 g/mol. The summed E-state index contributed by atoms with van der Waals surface area (Å²) in [6.45, 7) is 4.60. The summed E-state index contributed by atoms with van der Waals surface area (Å²) in [4.78, 5) is 11.8. The van der Waals surface area contributed by atoms with Crippen LogP contribution in [0.2, 0.25) is 0 Å². The van der Waals surface area contributed by atoms with E-state index in [0.717, 1.165) is 57.4 Å². The lowest BCUT2D eigenvalue weighted by Crippen LogP contribution is -2.25. The molecule has 274 valence electrons. The highest BCUT2D eigenvalue weighted by Gasteiger charge is 2.42. The minimum Gasteiger partial charge on any atom is -0.265 e. The maximum Gasteiger partial charge on any atom is 0.121 e. The Balaban J connectivity index is 1.19. The highest BCUT2D eigenvalue weighted by atomic mass is 15.5. The van der Waals surface area contributed by atoms with Crippen LogP contribution in [0.25, 0.3) is 66.8 Å². The number of hydrogen-bond donors (Lipinski definition) is 0. The quantitative estimate of drug-likeness (QED) is 0.104. The molecule has 0 spiro atoms. The highest BCUT2D eigenvalue weighted by molar-refractivity contribution is 5.95. The predicted octanol–water partition coefficient (Wildman–Crippen LogP) is 11.5. The summed E-state index contributed by atoms with van der Waals surface area (Å²) in [5, 5.41) is 19.8. The van der Waals surface area contributed by atoms with E-state index >= 15 is 0 Å². The molecule has 0 N–H and O–H groups in total. The molecule has 4 heterocycles. The van der Waals surface area contributed by atoms with Crippen molar-refractivity contribution in [3.8, 4) is 44.8 Å². The Bertz CT molecular complexity index is 2410. The lowest BCUT2D eigenvalue weighted by Gasteiger charge is -2.33. The van der Waals surface area contributed by atoms with Crippen LogP contribution in [-0.4, -0.2) is 40.0 Å². The van der Waals surface area contributed by atoms with Crippen molar-refractivity contribution in [3.63, 3.8) is 0 Å². The van der Waals surface area contributed by atoms with Gasteiger partial charge in [0.1, 0.15) is 22.1 Å². The third-order valence-electron chi connectivity index (χ3n) is 11.5. The van der Waals surface area contributed by atoms with Gasteiger partial charge in [-0.05, 0) is 94.8 Å². The topological polar surface area (TPSA) is 87.2 Å². The molecule has 0 amide bonds. The highest BCUT2D eigenvalue weighted by Crippen LogP contribution is 2.56. The predicted molar refractivity (Wildman–Crippen MR) is 221 cm³/mol. The van der Waals surface area contributed by atoms with E-state index in [1.165, 1.54) is 84.7 Å². The van der Waals surface area contributed by atoms with E-state index in [4.69, 9.17) is 20.4 Å². The molecular weight excluding hydrogens is 677 g/mol. The Kier molecular flexibility index (Phi) is 9.48. The van der Waals surface area contributed by atoms with Crippen LogP contribution in [0.4, 0.5) is 0 Å². The van der Waals surface area contributed by atoms with Crippen LogP contribution in [-0.2, 0) is 5.41 Å². The zero-order valence-electron chi connectivity index (χ0n) is 31.7. The van der Waals surface area contributed by atoms with E-state index in [1.54, 1.807) is 34.4 Å². The van der Waals surface area contributed by atoms with Crippen molar-refractivity contribution in [1.29, 1.82) is 0 Å². The van der Waals surface area contributed by atoms with Crippen molar-refractivity contribution in [2.24, 2.45) is 0 Å². The van der Waals surface area contributed by atoms with Crippen LogP contribution in [0.3, 0.4) is 0 Å². The van der Waals surface area contributed by atoms with Crippen LogP contribution in [0.5, 0.6) is 0 Å². The molecule has 8 aromatic rings. The first-order valence-corrected chi connectivity index (χ1v) is 20.0. The fourth-order valence-electron chi connectivity index (χ4n) is 8.73. The molecule has 0 atom stereocenters. The minimum absolute atomic E-state index is 0.108. The number of pyridine rings is 2. The van der Waals surface area contributed by atoms with Crippen molar-refractivity contribution >= 4 is 22.1 Å². The fraction of sp³-hybridized carbons (Fsp3) is 0.277. The summed E-state index contributed by atoms with van der Waals surface area (Å²) < 4.78 is 0. The molecule has 4 aromatic heterocycles. The maximum atomic E-state index is 5.02. The summed E-state index contributed by atoms with van der Waals surface area (Å²) in [6, 6.07) is 34.8. The summed E-state index contributed by atoms with van der Waals surface area (Å²) in [7, 11) is 0. The van der Waals surface area contributed by atoms with Gasteiger partial charge in [-0.1, -0.05) is 114 Å². The van der Waals surface area contributed by atoms with Crippen molar-refractivity contribution in [1.82, 2.24) is 40.0 Å². The van der Waals surface area contributed by atoms with Crippen molar-refractivity contribution in [2.45, 2.75) is 83.5 Å². The first-order valence-electron chi connectivity index (χ1n) is 20.0. The molecule has 8 nitrogen and oxygen atoms in total. The third kappa shape index (κ3) is 6.39. The van der Waals surface area contributed by atoms with Gasteiger partial charge in [0.2, 0.25) is 0 Å². The smallest absolute Gasteiger partial charge is 0.121 e. The third-order valence-corrected chi connectivity index (χ3v) is 11.5. The van der Waals surface area contributed by atoms with Crippen LogP contribution in [0.1, 0.15) is 89.2 Å². The Labute approximate surface area is 322 Å². The van der Waals surface area contributed by atoms with E-state index < -0.39 is 0 Å². The largest absolute Gasteiger partial charge is 0.265 e. The van der Waals surface area contributed by atoms with Gasteiger partial charge in [-0.25, -0.2) is 0 Å². The first kappa shape index (κ1) is 34.7. The Morgan fingerprint density at radius 3 is 1.35 bits per heavy atom. The average Bonchev–Trinajstić information content (AvgIpc) is 3.95. The van der Waals surface area contributed by atoms with Gasteiger partial charge in [-0.2, -0.15) is 9.59 Å². The molecule has 0 saturated carbocycles. The van der Waals surface area contributed by atoms with Crippen LogP contribution in [0, 0.1) is 0 Å². The molecule has 1 aliphatic rings. The van der Waals surface area contributed by atoms with Crippen molar-refractivity contribution in [3.05, 3.63) is 133 Å². The van der Waals surface area contributed by atoms with E-state index in [9.17, 15) is 0 Å². The van der Waals surface area contributed by atoms with Gasteiger partial charge < -0.3 is 0 Å². The molecule has 0 fully saturated rings. The number of benzene rings is 4. The number of aromatic nitrogens is 8. The van der Waals surface area contributed by atoms with Gasteiger partial charge in [0.15, 0.2) is 0 Å². The number of fused-ring (bicyclic) bond motifs is 5. The zero-order chi connectivity index (χ0) is 37.2. The van der Waals surface area contributed by atoms with Gasteiger partial charge >= 0.3 is 0 Å². The number of unbranched alkanes of at least 4 members (excludes halogenated alkanes) is 6. The molecule has 55 heavy (non-hydrogen) atoms. The first-order chi connectivity index (χ1) is 27.2. The number of nitrogens with zero attached hydrogens (tertiary/aromatic N) is 8. The molecule has 0 bridgehead atoms. The molecule has 0 radical (unpaired) electrons. The SMILES string of the molecule is CCCCCCC1(CCCCCC)c2cc(-c3cccc4nn(-c5ccncc5)nc34)ccc2-c2ccc(-c3cccc4nn(-c5ccncc5)nc34)cc21. The Morgan fingerprint density at radius 1 is 0.455 bits per heavy atom. The fourth-order valence-corrected chi connectivity index (χ4v) is 8.73. The van der Waals surface area contributed by atoms with Crippen LogP contribution in [0.15, 0.2) is 122 Å². The van der Waals surface area contributed by atoms with Gasteiger partial charge in [0.05, 0.1) is 11.4 Å². The molecule has 0 unspecified atom stereocenters. The second-order valence-electron chi connectivity index (χ2n) is 15.0. The molecule has 8 heteroatoms. The Hall–Kier alpha value is -6.02. The molecule has 4 aromatic carbocycles. The molecule has 0 aliphatic heterocycles. The second kappa shape index (κ2) is 15.0. The number of rotatable bonds is 14. The standard InChI is InChI=1S/C47H46N8/c1-3-5-7-9-25-47(26-10-8-6-4-2)41-31-33(37-13-11-15-43-45(37)52-54(50-43)35-21-27-48-28-22-35)17-19-39(41)40-20-18-34(32-42(40)47)38-14-12-16-44-46(38)53-55(51-44)36-23-29-49-30-24-36/h11-24,27-32H,3-10,25-26H2,1-2H3. The number of hydrogen-bond acceptors (Lipinski definition) is 6. The van der Waals surface area contributed by atoms with E-state index in [0.29, 0.717) is 0 Å². The summed E-state index contributed by atoms with van der Waals surface area (Å²) in [6.07, 6.45) is 19.2. The van der Waals surface area contributed by atoms with Crippen LogP contribution >= 0.6 is 0 Å². The van der Waals surface area contributed by atoms with E-state index in [1.807, 2.05) is 24.3 Å². The normalized spacial score (nSPS) is 13.1. The summed E-state index contributed by atoms with van der Waals surface area (Å²) in [5.74, 6) is 0. The van der Waals surface area contributed by atoms with Crippen molar-refractivity contribution in [2.75, 3.05) is 0 Å². The van der Waals surface area contributed by atoms with Crippen molar-refractivity contribution < 1.29 is 0 Å². The summed E-state index contributed by atoms with van der Waals surface area (Å²) in [5.41, 5.74) is 15.4.